The maximum Gasteiger partial charge on any atom is 0.410 e. The standard InChI is InChI=1S/C12H17BrN2O2S/c1-12(2,3)17-11(16)15-6-4-5-8(15)10-14-9(13)7-18-10/h7-8H,4-6H2,1-3H3. The molecule has 1 unspecified atom stereocenters. The van der Waals surface area contributed by atoms with Crippen molar-refractivity contribution in [2.75, 3.05) is 6.54 Å². The van der Waals surface area contributed by atoms with Crippen LogP contribution in [0.1, 0.15) is 44.7 Å². The normalized spacial score (nSPS) is 20.2. The molecule has 2 rings (SSSR count). The molecule has 6 heteroatoms. The Balaban J connectivity index is 2.10. The van der Waals surface area contributed by atoms with E-state index in [-0.39, 0.29) is 12.1 Å². The van der Waals surface area contributed by atoms with Gasteiger partial charge in [0.15, 0.2) is 0 Å². The van der Waals surface area contributed by atoms with Gasteiger partial charge in [0, 0.05) is 11.9 Å². The van der Waals surface area contributed by atoms with Crippen LogP contribution in [0.25, 0.3) is 0 Å². The first kappa shape index (κ1) is 13.8. The molecule has 1 amide bonds. The number of hydrogen-bond donors (Lipinski definition) is 0. The van der Waals surface area contributed by atoms with Gasteiger partial charge in [0.1, 0.15) is 15.2 Å². The van der Waals surface area contributed by atoms with E-state index in [4.69, 9.17) is 4.74 Å². The molecule has 18 heavy (non-hydrogen) atoms. The van der Waals surface area contributed by atoms with Gasteiger partial charge in [0.2, 0.25) is 0 Å². The third kappa shape index (κ3) is 3.23. The second kappa shape index (κ2) is 5.17. The molecule has 0 spiro atoms. The van der Waals surface area contributed by atoms with Gasteiger partial charge in [-0.1, -0.05) is 0 Å². The molecule has 0 radical (unpaired) electrons. The van der Waals surface area contributed by atoms with Gasteiger partial charge < -0.3 is 4.74 Å². The van der Waals surface area contributed by atoms with E-state index in [1.807, 2.05) is 26.2 Å². The first-order chi connectivity index (χ1) is 8.37. The second-order valence-electron chi connectivity index (χ2n) is 5.34. The zero-order valence-corrected chi connectivity index (χ0v) is 13.2. The Hall–Kier alpha value is -0.620. The van der Waals surface area contributed by atoms with E-state index in [1.54, 1.807) is 16.2 Å². The van der Waals surface area contributed by atoms with Gasteiger partial charge in [-0.15, -0.1) is 11.3 Å². The predicted molar refractivity (Wildman–Crippen MR) is 74.7 cm³/mol. The number of aromatic nitrogens is 1. The zero-order chi connectivity index (χ0) is 13.3. The molecule has 1 saturated heterocycles. The van der Waals surface area contributed by atoms with E-state index in [9.17, 15) is 4.79 Å². The van der Waals surface area contributed by atoms with Crippen LogP contribution in [0.5, 0.6) is 0 Å². The highest BCUT2D eigenvalue weighted by molar-refractivity contribution is 9.10. The van der Waals surface area contributed by atoms with Crippen molar-refractivity contribution in [2.24, 2.45) is 0 Å². The fraction of sp³-hybridized carbons (Fsp3) is 0.667. The summed E-state index contributed by atoms with van der Waals surface area (Å²) in [4.78, 5) is 18.3. The van der Waals surface area contributed by atoms with Crippen molar-refractivity contribution in [3.05, 3.63) is 15.0 Å². The number of halogens is 1. The minimum Gasteiger partial charge on any atom is -0.444 e. The molecule has 2 heterocycles. The number of likely N-dealkylation sites (tertiary alicyclic amines) is 1. The third-order valence-corrected chi connectivity index (χ3v) is 4.32. The molecule has 1 aliphatic rings. The van der Waals surface area contributed by atoms with Crippen molar-refractivity contribution < 1.29 is 9.53 Å². The number of hydrogen-bond acceptors (Lipinski definition) is 4. The largest absolute Gasteiger partial charge is 0.444 e. The van der Waals surface area contributed by atoms with Crippen molar-refractivity contribution in [3.8, 4) is 0 Å². The predicted octanol–water partition coefficient (Wildman–Crippen LogP) is 3.98. The summed E-state index contributed by atoms with van der Waals surface area (Å²) in [6.07, 6.45) is 1.72. The van der Waals surface area contributed by atoms with Crippen LogP contribution in [0.2, 0.25) is 0 Å². The molecule has 100 valence electrons. The Morgan fingerprint density at radius 1 is 1.61 bits per heavy atom. The fourth-order valence-corrected chi connectivity index (χ4v) is 3.40. The molecule has 1 aromatic heterocycles. The lowest BCUT2D eigenvalue weighted by molar-refractivity contribution is 0.0224. The summed E-state index contributed by atoms with van der Waals surface area (Å²) in [7, 11) is 0. The summed E-state index contributed by atoms with van der Waals surface area (Å²) in [5.41, 5.74) is -0.451. The molecule has 0 N–H and O–H groups in total. The molecule has 4 nitrogen and oxygen atoms in total. The molecule has 1 atom stereocenters. The summed E-state index contributed by atoms with van der Waals surface area (Å²) >= 11 is 4.93. The summed E-state index contributed by atoms with van der Waals surface area (Å²) in [6.45, 7) is 6.40. The highest BCUT2D eigenvalue weighted by Gasteiger charge is 2.34. The van der Waals surface area contributed by atoms with Crippen LogP contribution < -0.4 is 0 Å². The Kier molecular flexibility index (Phi) is 3.96. The van der Waals surface area contributed by atoms with Crippen LogP contribution >= 0.6 is 27.3 Å². The van der Waals surface area contributed by atoms with Crippen LogP contribution in [0, 0.1) is 0 Å². The molecule has 0 aliphatic carbocycles. The lowest BCUT2D eigenvalue weighted by atomic mass is 10.2. The van der Waals surface area contributed by atoms with Gasteiger partial charge in [0.05, 0.1) is 6.04 Å². The van der Waals surface area contributed by atoms with Gasteiger partial charge in [0.25, 0.3) is 0 Å². The number of ether oxygens (including phenoxy) is 1. The number of rotatable bonds is 1. The molecule has 1 aliphatic heterocycles. The second-order valence-corrected chi connectivity index (χ2v) is 7.04. The van der Waals surface area contributed by atoms with Crippen LogP contribution in [0.3, 0.4) is 0 Å². The highest BCUT2D eigenvalue weighted by Crippen LogP contribution is 2.35. The van der Waals surface area contributed by atoms with Gasteiger partial charge in [-0.3, -0.25) is 4.90 Å². The quantitative estimate of drug-likeness (QED) is 0.781. The molecule has 0 aromatic carbocycles. The number of carbonyl (C=O) groups is 1. The number of amides is 1. The summed E-state index contributed by atoms with van der Waals surface area (Å²) in [6, 6.07) is 0.0659. The Bertz CT molecular complexity index is 442. The summed E-state index contributed by atoms with van der Waals surface area (Å²) in [5.74, 6) is 0. The topological polar surface area (TPSA) is 42.4 Å². The minimum absolute atomic E-state index is 0.0659. The number of nitrogens with zero attached hydrogens (tertiary/aromatic N) is 2. The smallest absolute Gasteiger partial charge is 0.410 e. The molecule has 1 fully saturated rings. The number of thiazole rings is 1. The Labute approximate surface area is 119 Å². The van der Waals surface area contributed by atoms with E-state index < -0.39 is 5.60 Å². The van der Waals surface area contributed by atoms with E-state index in [2.05, 4.69) is 20.9 Å². The van der Waals surface area contributed by atoms with Crippen molar-refractivity contribution in [1.82, 2.24) is 9.88 Å². The first-order valence-corrected chi connectivity index (χ1v) is 7.64. The first-order valence-electron chi connectivity index (χ1n) is 5.97. The van der Waals surface area contributed by atoms with Crippen molar-refractivity contribution in [1.29, 1.82) is 0 Å². The van der Waals surface area contributed by atoms with Gasteiger partial charge in [-0.25, -0.2) is 9.78 Å². The lowest BCUT2D eigenvalue weighted by Crippen LogP contribution is -2.36. The maximum atomic E-state index is 12.1. The Morgan fingerprint density at radius 3 is 2.89 bits per heavy atom. The molecular weight excluding hydrogens is 316 g/mol. The van der Waals surface area contributed by atoms with Crippen LogP contribution in [-0.2, 0) is 4.74 Å². The van der Waals surface area contributed by atoms with Crippen molar-refractivity contribution in [3.63, 3.8) is 0 Å². The molecular formula is C12H17BrN2O2S. The van der Waals surface area contributed by atoms with Crippen LogP contribution in [0.15, 0.2) is 9.98 Å². The fourth-order valence-electron chi connectivity index (χ4n) is 1.98. The monoisotopic (exact) mass is 332 g/mol. The van der Waals surface area contributed by atoms with Gasteiger partial charge in [-0.05, 0) is 49.5 Å². The minimum atomic E-state index is -0.451. The van der Waals surface area contributed by atoms with Crippen molar-refractivity contribution in [2.45, 2.75) is 45.3 Å². The summed E-state index contributed by atoms with van der Waals surface area (Å²) in [5, 5.41) is 2.92. The third-order valence-electron chi connectivity index (χ3n) is 2.66. The van der Waals surface area contributed by atoms with Crippen LogP contribution in [0.4, 0.5) is 4.79 Å². The SMILES string of the molecule is CC(C)(C)OC(=O)N1CCCC1c1nc(Br)cs1. The Morgan fingerprint density at radius 2 is 2.33 bits per heavy atom. The lowest BCUT2D eigenvalue weighted by Gasteiger charge is -2.27. The highest BCUT2D eigenvalue weighted by atomic mass is 79.9. The van der Waals surface area contributed by atoms with Crippen molar-refractivity contribution >= 4 is 33.4 Å². The average molecular weight is 333 g/mol. The molecule has 0 saturated carbocycles. The van der Waals surface area contributed by atoms with Gasteiger partial charge in [-0.2, -0.15) is 0 Å². The summed E-state index contributed by atoms with van der Waals surface area (Å²) < 4.78 is 6.26. The van der Waals surface area contributed by atoms with E-state index in [1.165, 1.54) is 0 Å². The molecule has 0 bridgehead atoms. The van der Waals surface area contributed by atoms with E-state index in [0.717, 1.165) is 29.0 Å². The van der Waals surface area contributed by atoms with Crippen LogP contribution in [-0.4, -0.2) is 28.1 Å². The molecule has 1 aromatic rings. The van der Waals surface area contributed by atoms with E-state index in [0.29, 0.717) is 0 Å². The van der Waals surface area contributed by atoms with E-state index >= 15 is 0 Å². The zero-order valence-electron chi connectivity index (χ0n) is 10.8. The number of carbonyl (C=O) groups excluding carboxylic acids is 1. The maximum absolute atomic E-state index is 12.1. The van der Waals surface area contributed by atoms with Gasteiger partial charge >= 0.3 is 6.09 Å². The average Bonchev–Trinajstić information content (AvgIpc) is 2.81.